The van der Waals surface area contributed by atoms with Gasteiger partial charge in [-0.25, -0.2) is 19.3 Å². The van der Waals surface area contributed by atoms with Crippen molar-refractivity contribution in [3.8, 4) is 17.3 Å². The minimum Gasteiger partial charge on any atom is -0.382 e. The minimum absolute atomic E-state index is 0.201. The summed E-state index contributed by atoms with van der Waals surface area (Å²) < 4.78 is 16.1. The van der Waals surface area contributed by atoms with Crippen LogP contribution >= 0.6 is 0 Å². The predicted octanol–water partition coefficient (Wildman–Crippen LogP) is 3.16. The number of aryl methyl sites for hydroxylation is 1. The summed E-state index contributed by atoms with van der Waals surface area (Å²) in [4.78, 5) is 15.4. The largest absolute Gasteiger partial charge is 0.382 e. The van der Waals surface area contributed by atoms with E-state index in [1.165, 1.54) is 12.4 Å². The third kappa shape index (κ3) is 4.02. The van der Waals surface area contributed by atoms with Gasteiger partial charge >= 0.3 is 0 Å². The van der Waals surface area contributed by atoms with E-state index in [0.717, 1.165) is 62.5 Å². The summed E-state index contributed by atoms with van der Waals surface area (Å²) in [5.74, 6) is 2.00. The summed E-state index contributed by atoms with van der Waals surface area (Å²) in [5, 5.41) is 12.9. The van der Waals surface area contributed by atoms with E-state index in [0.29, 0.717) is 28.9 Å². The molecule has 170 valence electrons. The second kappa shape index (κ2) is 8.79. The molecule has 4 heterocycles. The van der Waals surface area contributed by atoms with E-state index in [1.54, 1.807) is 13.0 Å². The van der Waals surface area contributed by atoms with Crippen LogP contribution in [0.25, 0.3) is 11.3 Å². The predicted molar refractivity (Wildman–Crippen MR) is 124 cm³/mol. The molecule has 2 aromatic heterocycles. The molecular formula is C24H27FN8. The zero-order valence-corrected chi connectivity index (χ0v) is 18.6. The van der Waals surface area contributed by atoms with E-state index in [1.807, 2.05) is 6.07 Å². The molecule has 1 atom stereocenters. The Kier molecular flexibility index (Phi) is 5.68. The van der Waals surface area contributed by atoms with Gasteiger partial charge in [-0.3, -0.25) is 0 Å². The van der Waals surface area contributed by atoms with Gasteiger partial charge in [0.2, 0.25) is 0 Å². The highest BCUT2D eigenvalue weighted by Crippen LogP contribution is 2.35. The minimum atomic E-state index is -0.201. The molecule has 3 N–H and O–H groups in total. The van der Waals surface area contributed by atoms with Crippen LogP contribution < -0.4 is 16.0 Å². The Hall–Kier alpha value is -3.51. The van der Waals surface area contributed by atoms with Gasteiger partial charge in [0.15, 0.2) is 5.82 Å². The average molecular weight is 447 g/mol. The lowest BCUT2D eigenvalue weighted by Crippen LogP contribution is -2.35. The maximum atomic E-state index is 13.8. The average Bonchev–Trinajstić information content (AvgIpc) is 3.51. The summed E-state index contributed by atoms with van der Waals surface area (Å²) in [6.07, 6.45) is 6.40. The Labute approximate surface area is 192 Å². The molecule has 0 bridgehead atoms. The maximum Gasteiger partial charge on any atom is 0.152 e. The number of aromatic nitrogens is 4. The summed E-state index contributed by atoms with van der Waals surface area (Å²) >= 11 is 0. The molecular weight excluding hydrogens is 419 g/mol. The third-order valence-electron chi connectivity index (χ3n) is 6.77. The molecule has 0 saturated carbocycles. The number of nitriles is 1. The van der Waals surface area contributed by atoms with E-state index in [2.05, 4.69) is 37.0 Å². The standard InChI is InChI=1S/C24H27FN8/c1-15-10-17(2-3-20(15)25)21-13-33(18-4-7-28-12-18)23(31-21)16-5-8-32(9-6-16)24-19(11-26)22(27)29-14-30-24/h2-3,10,13-14,16,18,28H,4-9,12H2,1H3,(H2,27,29,30). The normalized spacial score (nSPS) is 19.1. The number of nitrogens with two attached hydrogens (primary N) is 1. The molecule has 0 amide bonds. The number of nitrogens with one attached hydrogen (secondary N) is 1. The van der Waals surface area contributed by atoms with Crippen LogP contribution in [-0.4, -0.2) is 45.7 Å². The van der Waals surface area contributed by atoms with Crippen LogP contribution in [-0.2, 0) is 0 Å². The Morgan fingerprint density at radius 1 is 1.21 bits per heavy atom. The molecule has 9 heteroatoms. The number of rotatable bonds is 4. The highest BCUT2D eigenvalue weighted by atomic mass is 19.1. The van der Waals surface area contributed by atoms with Crippen molar-refractivity contribution in [1.29, 1.82) is 5.26 Å². The van der Waals surface area contributed by atoms with Crippen LogP contribution in [0.3, 0.4) is 0 Å². The molecule has 0 radical (unpaired) electrons. The number of hydrogen-bond donors (Lipinski definition) is 2. The van der Waals surface area contributed by atoms with E-state index in [-0.39, 0.29) is 11.6 Å². The van der Waals surface area contributed by atoms with Crippen LogP contribution in [0.15, 0.2) is 30.7 Å². The summed E-state index contributed by atoms with van der Waals surface area (Å²) in [6, 6.07) is 7.69. The fourth-order valence-electron chi connectivity index (χ4n) is 4.91. The van der Waals surface area contributed by atoms with Crippen molar-refractivity contribution in [1.82, 2.24) is 24.8 Å². The van der Waals surface area contributed by atoms with Crippen LogP contribution in [0.2, 0.25) is 0 Å². The van der Waals surface area contributed by atoms with Gasteiger partial charge in [0.05, 0.1) is 5.69 Å². The van der Waals surface area contributed by atoms with E-state index in [4.69, 9.17) is 10.7 Å². The van der Waals surface area contributed by atoms with Crippen molar-refractivity contribution in [2.75, 3.05) is 36.8 Å². The molecule has 2 aliphatic heterocycles. The third-order valence-corrected chi connectivity index (χ3v) is 6.77. The second-order valence-electron chi connectivity index (χ2n) is 8.83. The first-order valence-electron chi connectivity index (χ1n) is 11.4. The zero-order chi connectivity index (χ0) is 22.9. The van der Waals surface area contributed by atoms with E-state index < -0.39 is 0 Å². The van der Waals surface area contributed by atoms with Crippen molar-refractivity contribution in [2.45, 2.75) is 38.1 Å². The van der Waals surface area contributed by atoms with Gasteiger partial charge in [0, 0.05) is 43.4 Å². The van der Waals surface area contributed by atoms with E-state index >= 15 is 0 Å². The van der Waals surface area contributed by atoms with Crippen molar-refractivity contribution >= 4 is 11.6 Å². The fraction of sp³-hybridized carbons (Fsp3) is 0.417. The molecule has 0 spiro atoms. The molecule has 3 aromatic rings. The van der Waals surface area contributed by atoms with Crippen molar-refractivity contribution < 1.29 is 4.39 Å². The number of nitrogens with zero attached hydrogens (tertiary/aromatic N) is 6. The number of nitrogen functional groups attached to an aromatic ring is 1. The number of hydrogen-bond acceptors (Lipinski definition) is 7. The highest BCUT2D eigenvalue weighted by Gasteiger charge is 2.30. The molecule has 5 rings (SSSR count). The lowest BCUT2D eigenvalue weighted by molar-refractivity contribution is 0.437. The first kappa shape index (κ1) is 21.3. The van der Waals surface area contributed by atoms with Crippen LogP contribution in [0.4, 0.5) is 16.0 Å². The molecule has 0 aliphatic carbocycles. The number of anilines is 2. The van der Waals surface area contributed by atoms with Gasteiger partial charge in [-0.2, -0.15) is 5.26 Å². The van der Waals surface area contributed by atoms with E-state index in [9.17, 15) is 9.65 Å². The SMILES string of the molecule is Cc1cc(-c2cn(C3CCNC3)c(C3CCN(c4ncnc(N)c4C#N)CC3)n2)ccc1F. The Balaban J connectivity index is 1.42. The lowest BCUT2D eigenvalue weighted by Gasteiger charge is -2.33. The molecule has 1 unspecified atom stereocenters. The van der Waals surface area contributed by atoms with Gasteiger partial charge in [-0.05, 0) is 56.5 Å². The molecule has 8 nitrogen and oxygen atoms in total. The first-order valence-corrected chi connectivity index (χ1v) is 11.4. The topological polar surface area (TPSA) is 109 Å². The molecule has 2 saturated heterocycles. The molecule has 2 aliphatic rings. The highest BCUT2D eigenvalue weighted by molar-refractivity contribution is 5.63. The van der Waals surface area contributed by atoms with Gasteiger partial charge in [0.25, 0.3) is 0 Å². The van der Waals surface area contributed by atoms with Crippen LogP contribution in [0.1, 0.15) is 48.2 Å². The summed E-state index contributed by atoms with van der Waals surface area (Å²) in [6.45, 7) is 5.23. The van der Waals surface area contributed by atoms with Gasteiger partial charge in [-0.1, -0.05) is 0 Å². The Morgan fingerprint density at radius 2 is 2.03 bits per heavy atom. The smallest absolute Gasteiger partial charge is 0.152 e. The van der Waals surface area contributed by atoms with Gasteiger partial charge < -0.3 is 20.5 Å². The number of piperidine rings is 1. The fourth-order valence-corrected chi connectivity index (χ4v) is 4.91. The number of benzene rings is 1. The Morgan fingerprint density at radius 3 is 2.73 bits per heavy atom. The van der Waals surface area contributed by atoms with Gasteiger partial charge in [-0.15, -0.1) is 0 Å². The van der Waals surface area contributed by atoms with Crippen LogP contribution in [0, 0.1) is 24.1 Å². The Bertz CT molecular complexity index is 1200. The maximum absolute atomic E-state index is 13.8. The quantitative estimate of drug-likeness (QED) is 0.634. The number of imidazole rings is 1. The van der Waals surface area contributed by atoms with Crippen LogP contribution in [0.5, 0.6) is 0 Å². The molecule has 2 fully saturated rings. The van der Waals surface area contributed by atoms with Crippen molar-refractivity contribution in [3.05, 3.63) is 53.5 Å². The van der Waals surface area contributed by atoms with Gasteiger partial charge in [0.1, 0.15) is 35.4 Å². The second-order valence-corrected chi connectivity index (χ2v) is 8.83. The first-order chi connectivity index (χ1) is 16.0. The monoisotopic (exact) mass is 446 g/mol. The zero-order valence-electron chi connectivity index (χ0n) is 18.6. The summed E-state index contributed by atoms with van der Waals surface area (Å²) in [7, 11) is 0. The molecule has 1 aromatic carbocycles. The van der Waals surface area contributed by atoms with Crippen molar-refractivity contribution in [2.24, 2.45) is 0 Å². The van der Waals surface area contributed by atoms with Crippen molar-refractivity contribution in [3.63, 3.8) is 0 Å². The summed E-state index contributed by atoms with van der Waals surface area (Å²) in [5.41, 5.74) is 8.66. The number of halogens is 1. The molecule has 33 heavy (non-hydrogen) atoms. The lowest BCUT2D eigenvalue weighted by atomic mass is 9.95.